The molecule has 0 N–H and O–H groups in total. The normalized spacial score (nSPS) is 29.2. The van der Waals surface area contributed by atoms with Crippen LogP contribution >= 0.6 is 0 Å². The Hall–Kier alpha value is -1.06. The van der Waals surface area contributed by atoms with E-state index >= 15 is 0 Å². The van der Waals surface area contributed by atoms with Crippen molar-refractivity contribution in [2.75, 3.05) is 20.1 Å². The van der Waals surface area contributed by atoms with Crippen LogP contribution in [-0.2, 0) is 9.59 Å². The summed E-state index contributed by atoms with van der Waals surface area (Å²) in [4.78, 5) is 26.5. The van der Waals surface area contributed by atoms with Crippen LogP contribution < -0.4 is 0 Å². The molecule has 0 spiro atoms. The molecule has 2 aliphatic heterocycles. The molecule has 2 heterocycles. The van der Waals surface area contributed by atoms with Gasteiger partial charge in [-0.1, -0.05) is 0 Å². The lowest BCUT2D eigenvalue weighted by molar-refractivity contribution is -0.153. The van der Waals surface area contributed by atoms with E-state index in [9.17, 15) is 9.59 Å². The topological polar surface area (TPSA) is 40.6 Å². The van der Waals surface area contributed by atoms with E-state index in [1.165, 1.54) is 0 Å². The third-order valence-corrected chi connectivity index (χ3v) is 2.90. The van der Waals surface area contributed by atoms with E-state index in [1.54, 1.807) is 16.8 Å². The predicted octanol–water partition coefficient (Wildman–Crippen LogP) is -0.161. The highest BCUT2D eigenvalue weighted by Gasteiger charge is 2.37. The molecule has 4 heteroatoms. The third kappa shape index (κ3) is 1.30. The van der Waals surface area contributed by atoms with Crippen molar-refractivity contribution in [2.24, 2.45) is 0 Å². The fourth-order valence-electron chi connectivity index (χ4n) is 2.08. The van der Waals surface area contributed by atoms with Crippen molar-refractivity contribution < 1.29 is 9.59 Å². The lowest BCUT2D eigenvalue weighted by Crippen LogP contribution is -2.59. The quantitative estimate of drug-likeness (QED) is 0.522. The zero-order chi connectivity index (χ0) is 9.42. The summed E-state index contributed by atoms with van der Waals surface area (Å²) in [6.07, 6.45) is 2.32. The largest absolute Gasteiger partial charge is 0.342 e. The minimum atomic E-state index is -0.153. The molecule has 13 heavy (non-hydrogen) atoms. The average molecular weight is 182 g/mol. The van der Waals surface area contributed by atoms with Crippen molar-refractivity contribution >= 4 is 11.8 Å². The lowest BCUT2D eigenvalue weighted by atomic mass is 9.98. The number of hydrogen-bond acceptors (Lipinski definition) is 2. The molecule has 0 aromatic heterocycles. The van der Waals surface area contributed by atoms with Gasteiger partial charge in [-0.25, -0.2) is 0 Å². The number of rotatable bonds is 0. The van der Waals surface area contributed by atoms with E-state index in [1.807, 2.05) is 0 Å². The van der Waals surface area contributed by atoms with Gasteiger partial charge in [0, 0.05) is 26.6 Å². The zero-order valence-electron chi connectivity index (χ0n) is 7.82. The van der Waals surface area contributed by atoms with Crippen molar-refractivity contribution in [3.05, 3.63) is 0 Å². The monoisotopic (exact) mass is 182 g/mol. The summed E-state index contributed by atoms with van der Waals surface area (Å²) in [6, 6.07) is -0.153. The van der Waals surface area contributed by atoms with Crippen molar-refractivity contribution in [2.45, 2.75) is 25.3 Å². The van der Waals surface area contributed by atoms with Crippen LogP contribution in [-0.4, -0.2) is 47.8 Å². The predicted molar refractivity (Wildman–Crippen MR) is 47.0 cm³/mol. The molecule has 0 saturated carbocycles. The smallest absolute Gasteiger partial charge is 0.245 e. The van der Waals surface area contributed by atoms with Crippen molar-refractivity contribution in [1.29, 1.82) is 0 Å². The number of piperidine rings is 1. The second kappa shape index (κ2) is 3.01. The Kier molecular flexibility index (Phi) is 1.98. The van der Waals surface area contributed by atoms with E-state index in [-0.39, 0.29) is 17.9 Å². The molecule has 2 aliphatic rings. The summed E-state index contributed by atoms with van der Waals surface area (Å²) in [6.45, 7) is 1.40. The standard InChI is InChI=1S/C9H14N2O2/c1-10-5-6-11-7(9(10)13)3-2-4-8(11)12/h7H,2-6H2,1H3. The summed E-state index contributed by atoms with van der Waals surface area (Å²) in [7, 11) is 1.80. The van der Waals surface area contributed by atoms with Gasteiger partial charge >= 0.3 is 0 Å². The molecule has 72 valence electrons. The first-order chi connectivity index (χ1) is 6.20. The summed E-state index contributed by atoms with van der Waals surface area (Å²) in [5.41, 5.74) is 0. The second-order valence-corrected chi connectivity index (χ2v) is 3.75. The van der Waals surface area contributed by atoms with Crippen LogP contribution in [0.4, 0.5) is 0 Å². The minimum absolute atomic E-state index is 0.110. The Morgan fingerprint density at radius 3 is 2.85 bits per heavy atom. The maximum Gasteiger partial charge on any atom is 0.245 e. The van der Waals surface area contributed by atoms with Gasteiger partial charge in [0.05, 0.1) is 0 Å². The maximum atomic E-state index is 11.6. The first-order valence-electron chi connectivity index (χ1n) is 4.74. The summed E-state index contributed by atoms with van der Waals surface area (Å²) < 4.78 is 0. The minimum Gasteiger partial charge on any atom is -0.342 e. The van der Waals surface area contributed by atoms with Gasteiger partial charge in [-0.05, 0) is 12.8 Å². The molecular weight excluding hydrogens is 168 g/mol. The van der Waals surface area contributed by atoms with Gasteiger partial charge in [-0.15, -0.1) is 0 Å². The molecule has 0 aliphatic carbocycles. The molecule has 0 aromatic rings. The molecule has 4 nitrogen and oxygen atoms in total. The molecule has 2 saturated heterocycles. The van der Waals surface area contributed by atoms with Crippen LogP contribution in [0.3, 0.4) is 0 Å². The Morgan fingerprint density at radius 1 is 1.31 bits per heavy atom. The Balaban J connectivity index is 2.17. The Labute approximate surface area is 77.5 Å². The Morgan fingerprint density at radius 2 is 2.08 bits per heavy atom. The molecule has 0 bridgehead atoms. The van der Waals surface area contributed by atoms with Gasteiger partial charge in [0.25, 0.3) is 0 Å². The van der Waals surface area contributed by atoms with Crippen LogP contribution in [0, 0.1) is 0 Å². The van der Waals surface area contributed by atoms with Gasteiger partial charge in [0.1, 0.15) is 6.04 Å². The van der Waals surface area contributed by atoms with E-state index in [0.717, 1.165) is 12.8 Å². The van der Waals surface area contributed by atoms with Gasteiger partial charge < -0.3 is 9.80 Å². The lowest BCUT2D eigenvalue weighted by Gasteiger charge is -2.41. The number of fused-ring (bicyclic) bond motifs is 1. The number of piperazine rings is 1. The highest BCUT2D eigenvalue weighted by molar-refractivity contribution is 5.89. The molecule has 0 aromatic carbocycles. The summed E-state index contributed by atoms with van der Waals surface area (Å²) in [5.74, 6) is 0.261. The number of hydrogen-bond donors (Lipinski definition) is 0. The van der Waals surface area contributed by atoms with Gasteiger partial charge in [0.15, 0.2) is 0 Å². The average Bonchev–Trinajstić information content (AvgIpc) is 2.12. The molecule has 2 rings (SSSR count). The van der Waals surface area contributed by atoms with E-state index in [0.29, 0.717) is 19.5 Å². The van der Waals surface area contributed by atoms with E-state index in [4.69, 9.17) is 0 Å². The highest BCUT2D eigenvalue weighted by atomic mass is 16.2. The van der Waals surface area contributed by atoms with E-state index < -0.39 is 0 Å². The highest BCUT2D eigenvalue weighted by Crippen LogP contribution is 2.22. The van der Waals surface area contributed by atoms with Crippen LogP contribution in [0.25, 0.3) is 0 Å². The van der Waals surface area contributed by atoms with E-state index in [2.05, 4.69) is 0 Å². The van der Waals surface area contributed by atoms with Crippen LogP contribution in [0.1, 0.15) is 19.3 Å². The van der Waals surface area contributed by atoms with Crippen molar-refractivity contribution in [1.82, 2.24) is 9.80 Å². The molecule has 1 atom stereocenters. The van der Waals surface area contributed by atoms with Crippen LogP contribution in [0.2, 0.25) is 0 Å². The van der Waals surface area contributed by atoms with Crippen molar-refractivity contribution in [3.63, 3.8) is 0 Å². The molecule has 1 unspecified atom stereocenters. The maximum absolute atomic E-state index is 11.6. The summed E-state index contributed by atoms with van der Waals surface area (Å²) in [5, 5.41) is 0. The molecular formula is C9H14N2O2. The SMILES string of the molecule is CN1CCN2C(=O)CCCC2C1=O. The molecule has 2 amide bonds. The number of carbonyl (C=O) groups is 2. The fourth-order valence-corrected chi connectivity index (χ4v) is 2.08. The number of amides is 2. The molecule has 0 radical (unpaired) electrons. The third-order valence-electron chi connectivity index (χ3n) is 2.90. The van der Waals surface area contributed by atoms with Crippen molar-refractivity contribution in [3.8, 4) is 0 Å². The van der Waals surface area contributed by atoms with Gasteiger partial charge in [0.2, 0.25) is 11.8 Å². The number of nitrogens with zero attached hydrogens (tertiary/aromatic N) is 2. The first kappa shape index (κ1) is 8.53. The molecule has 2 fully saturated rings. The Bertz CT molecular complexity index is 252. The summed E-state index contributed by atoms with van der Waals surface area (Å²) >= 11 is 0. The van der Waals surface area contributed by atoms with Gasteiger partial charge in [-0.3, -0.25) is 9.59 Å². The zero-order valence-corrected chi connectivity index (χ0v) is 7.82. The second-order valence-electron chi connectivity index (χ2n) is 3.75. The number of carbonyl (C=O) groups excluding carboxylic acids is 2. The fraction of sp³-hybridized carbons (Fsp3) is 0.778. The first-order valence-corrected chi connectivity index (χ1v) is 4.74. The van der Waals surface area contributed by atoms with Crippen LogP contribution in [0.15, 0.2) is 0 Å². The van der Waals surface area contributed by atoms with Crippen LogP contribution in [0.5, 0.6) is 0 Å². The van der Waals surface area contributed by atoms with Gasteiger partial charge in [-0.2, -0.15) is 0 Å². The number of likely N-dealkylation sites (N-methyl/N-ethyl adjacent to an activating group) is 1.